The number of carboxylic acid groups (broad SMARTS) is 3. The Balaban J connectivity index is 1.09. The summed E-state index contributed by atoms with van der Waals surface area (Å²) in [5.74, 6) is -2.38. The zero-order valence-electron chi connectivity index (χ0n) is 32.8. The van der Waals surface area contributed by atoms with Gasteiger partial charge in [-0.25, -0.2) is 9.97 Å². The molecule has 3 aromatic carbocycles. The normalized spacial score (nSPS) is 21.2. The lowest BCUT2D eigenvalue weighted by Crippen LogP contribution is -2.27. The van der Waals surface area contributed by atoms with E-state index in [1.165, 1.54) is 0 Å². The first-order chi connectivity index (χ1) is 28.2. The fraction of sp³-hybridized carbons (Fsp3) is 0.477. The highest BCUT2D eigenvalue weighted by Gasteiger charge is 2.34. The molecule has 306 valence electrons. The number of aromatic nitrogens is 4. The first kappa shape index (κ1) is 39.7. The van der Waals surface area contributed by atoms with Gasteiger partial charge in [-0.15, -0.1) is 0 Å². The Morgan fingerprint density at radius 2 is 1.02 bits per heavy atom. The molecule has 3 saturated heterocycles. The number of rotatable bonds is 18. The van der Waals surface area contributed by atoms with E-state index >= 15 is 0 Å². The van der Waals surface area contributed by atoms with Crippen LogP contribution in [0.5, 0.6) is 0 Å². The molecule has 6 unspecified atom stereocenters. The van der Waals surface area contributed by atoms with Gasteiger partial charge >= 0.3 is 17.9 Å². The summed E-state index contributed by atoms with van der Waals surface area (Å²) < 4.78 is 0. The van der Waals surface area contributed by atoms with Gasteiger partial charge in [0.2, 0.25) is 0 Å². The number of fused-ring (bicyclic) bond motifs is 2. The number of carboxylic acids is 3. The van der Waals surface area contributed by atoms with Crippen molar-refractivity contribution < 1.29 is 29.7 Å². The minimum atomic E-state index is -0.804. The van der Waals surface area contributed by atoms with E-state index in [0.29, 0.717) is 63.6 Å². The third-order valence-corrected chi connectivity index (χ3v) is 12.7. The van der Waals surface area contributed by atoms with Crippen LogP contribution in [0.25, 0.3) is 22.1 Å². The summed E-state index contributed by atoms with van der Waals surface area (Å²) in [5.41, 5.74) is 7.36. The predicted molar refractivity (Wildman–Crippen MR) is 219 cm³/mol. The van der Waals surface area contributed by atoms with Gasteiger partial charge in [0.25, 0.3) is 0 Å². The molecule has 0 bridgehead atoms. The lowest BCUT2D eigenvalue weighted by atomic mass is 9.86. The van der Waals surface area contributed by atoms with E-state index in [4.69, 9.17) is 9.97 Å². The summed E-state index contributed by atoms with van der Waals surface area (Å²) in [4.78, 5) is 56.2. The summed E-state index contributed by atoms with van der Waals surface area (Å²) >= 11 is 0. The zero-order valence-corrected chi connectivity index (χ0v) is 32.8. The molecular weight excluding hydrogens is 737 g/mol. The number of benzene rings is 3. The maximum Gasteiger partial charge on any atom is 0.307 e. The van der Waals surface area contributed by atoms with E-state index in [-0.39, 0.29) is 17.8 Å². The van der Waals surface area contributed by atoms with Gasteiger partial charge in [0.05, 0.1) is 39.8 Å². The van der Waals surface area contributed by atoms with Crippen LogP contribution < -0.4 is 16.0 Å². The van der Waals surface area contributed by atoms with Gasteiger partial charge in [0, 0.05) is 32.5 Å². The van der Waals surface area contributed by atoms with E-state index in [1.807, 2.05) is 36.4 Å². The molecule has 14 heteroatoms. The van der Waals surface area contributed by atoms with E-state index in [2.05, 4.69) is 55.1 Å². The van der Waals surface area contributed by atoms with Crippen molar-refractivity contribution in [3.05, 3.63) is 94.6 Å². The lowest BCUT2D eigenvalue weighted by molar-refractivity contribution is -0.144. The van der Waals surface area contributed by atoms with Gasteiger partial charge in [-0.3, -0.25) is 19.3 Å². The van der Waals surface area contributed by atoms with Crippen molar-refractivity contribution in [2.75, 3.05) is 39.3 Å². The smallest absolute Gasteiger partial charge is 0.307 e. The van der Waals surface area contributed by atoms with Crippen LogP contribution >= 0.6 is 0 Å². The van der Waals surface area contributed by atoms with Crippen molar-refractivity contribution in [1.29, 1.82) is 0 Å². The second-order valence-electron chi connectivity index (χ2n) is 16.7. The number of hydrogen-bond donors (Lipinski definition) is 8. The monoisotopic (exact) mass is 790 g/mol. The third-order valence-electron chi connectivity index (χ3n) is 12.7. The van der Waals surface area contributed by atoms with Gasteiger partial charge in [0.1, 0.15) is 11.6 Å². The van der Waals surface area contributed by atoms with Crippen molar-refractivity contribution >= 4 is 40.0 Å². The first-order valence-corrected chi connectivity index (χ1v) is 20.7. The second kappa shape index (κ2) is 17.8. The molecule has 58 heavy (non-hydrogen) atoms. The van der Waals surface area contributed by atoms with Gasteiger partial charge in [-0.05, 0) is 117 Å². The van der Waals surface area contributed by atoms with Crippen molar-refractivity contribution in [2.45, 2.75) is 58.2 Å². The Morgan fingerprint density at radius 1 is 0.586 bits per heavy atom. The summed E-state index contributed by atoms with van der Waals surface area (Å²) in [7, 11) is 0. The van der Waals surface area contributed by atoms with Gasteiger partial charge in [-0.1, -0.05) is 48.5 Å². The number of aromatic amines is 2. The highest BCUT2D eigenvalue weighted by Crippen LogP contribution is 2.29. The maximum atomic E-state index is 12.4. The SMILES string of the molecule is O=C(O)C(Cc1cccc(CN(Cc2cccc3[nH]c(CC(C(=O)O)C4CCNC4)nc23)Cc2cccc3[nH]c(CC(C(=O)O)C4CCNC4)nc23)c1)C1CCNC1. The standard InChI is InChI=1S/C44H54N8O6/c53-42(54)33(28-10-13-45-20-28)17-26-4-1-5-27(16-26)23-52(24-31-6-2-8-36-40(31)50-38(48-36)18-34(43(55)56)29-11-14-46-21-29)25-32-7-3-9-37-41(32)51-39(49-37)19-35(44(57)58)30-12-15-47-22-30/h1-9,16,28-30,33-35,45-47H,10-15,17-25H2,(H,48,50)(H,49,51)(H,53,54)(H,55,56)(H,57,58). The molecule has 0 saturated carbocycles. The molecule has 14 nitrogen and oxygen atoms in total. The van der Waals surface area contributed by atoms with E-state index in [9.17, 15) is 29.7 Å². The number of hydrogen-bond acceptors (Lipinski definition) is 9. The Labute approximate surface area is 337 Å². The predicted octanol–water partition coefficient (Wildman–Crippen LogP) is 4.20. The van der Waals surface area contributed by atoms with Crippen LogP contribution in [-0.2, 0) is 53.3 Å². The molecule has 0 radical (unpaired) electrons. The fourth-order valence-corrected chi connectivity index (χ4v) is 9.60. The molecular formula is C44H54N8O6. The van der Waals surface area contributed by atoms with Gasteiger partial charge in [-0.2, -0.15) is 0 Å². The van der Waals surface area contributed by atoms with Crippen LogP contribution in [0.3, 0.4) is 0 Å². The molecule has 5 heterocycles. The number of para-hydroxylation sites is 2. The van der Waals surface area contributed by atoms with Crippen LogP contribution in [0.4, 0.5) is 0 Å². The van der Waals surface area contributed by atoms with Gasteiger partial charge < -0.3 is 41.2 Å². The average Bonchev–Trinajstić information content (AvgIpc) is 4.06. The molecule has 5 aromatic rings. The highest BCUT2D eigenvalue weighted by molar-refractivity contribution is 5.80. The van der Waals surface area contributed by atoms with Crippen molar-refractivity contribution in [2.24, 2.45) is 35.5 Å². The number of carbonyl (C=O) groups is 3. The molecule has 3 fully saturated rings. The van der Waals surface area contributed by atoms with E-state index < -0.39 is 35.7 Å². The summed E-state index contributed by atoms with van der Waals surface area (Å²) in [6.45, 7) is 6.19. The largest absolute Gasteiger partial charge is 0.481 e. The van der Waals surface area contributed by atoms with Gasteiger partial charge in [0.15, 0.2) is 0 Å². The molecule has 8 N–H and O–H groups in total. The Bertz CT molecular complexity index is 2120. The van der Waals surface area contributed by atoms with Crippen LogP contribution in [0.15, 0.2) is 60.7 Å². The van der Waals surface area contributed by atoms with Crippen molar-refractivity contribution in [1.82, 2.24) is 40.8 Å². The maximum absolute atomic E-state index is 12.4. The molecule has 3 aliphatic heterocycles. The van der Waals surface area contributed by atoms with E-state index in [0.717, 1.165) is 89.8 Å². The Hall–Kier alpha value is -5.15. The summed E-state index contributed by atoms with van der Waals surface area (Å²) in [6.07, 6.45) is 3.62. The highest BCUT2D eigenvalue weighted by atomic mass is 16.4. The van der Waals surface area contributed by atoms with Crippen molar-refractivity contribution in [3.8, 4) is 0 Å². The number of imidazole rings is 2. The Morgan fingerprint density at radius 3 is 1.45 bits per heavy atom. The number of H-pyrrole nitrogens is 2. The number of aliphatic carboxylic acids is 3. The van der Waals surface area contributed by atoms with Crippen LogP contribution in [0.2, 0.25) is 0 Å². The quantitative estimate of drug-likeness (QED) is 0.0629. The lowest BCUT2D eigenvalue weighted by Gasteiger charge is -2.24. The molecule has 2 aromatic heterocycles. The fourth-order valence-electron chi connectivity index (χ4n) is 9.60. The third kappa shape index (κ3) is 9.10. The minimum Gasteiger partial charge on any atom is -0.481 e. The van der Waals surface area contributed by atoms with Crippen LogP contribution in [0.1, 0.15) is 53.2 Å². The molecule has 0 aliphatic carbocycles. The molecule has 0 spiro atoms. The van der Waals surface area contributed by atoms with Crippen LogP contribution in [0, 0.1) is 35.5 Å². The topological polar surface area (TPSA) is 209 Å². The zero-order chi connectivity index (χ0) is 40.2. The van der Waals surface area contributed by atoms with Crippen LogP contribution in [-0.4, -0.2) is 97.3 Å². The summed E-state index contributed by atoms with van der Waals surface area (Å²) in [6, 6.07) is 20.3. The average molecular weight is 791 g/mol. The molecule has 6 atom stereocenters. The van der Waals surface area contributed by atoms with Crippen molar-refractivity contribution in [3.63, 3.8) is 0 Å². The molecule has 3 aliphatic rings. The number of nitrogens with zero attached hydrogens (tertiary/aromatic N) is 3. The second-order valence-corrected chi connectivity index (χ2v) is 16.7. The molecule has 0 amide bonds. The number of nitrogens with one attached hydrogen (secondary N) is 5. The minimum absolute atomic E-state index is 0.0528. The first-order valence-electron chi connectivity index (χ1n) is 20.7. The summed E-state index contributed by atoms with van der Waals surface area (Å²) in [5, 5.41) is 40.3. The Kier molecular flexibility index (Phi) is 12.2. The molecule has 8 rings (SSSR count). The van der Waals surface area contributed by atoms with E-state index in [1.54, 1.807) is 0 Å².